The highest BCUT2D eigenvalue weighted by molar-refractivity contribution is 5.97. The highest BCUT2D eigenvalue weighted by Crippen LogP contribution is 2.34. The number of hydrogen-bond donors (Lipinski definition) is 0. The Morgan fingerprint density at radius 3 is 2.53 bits per heavy atom. The standard InChI is InChI=1S/C29H31N3O2/c1-21-13-15-24(16-14-21)34-18-8-7-17-31-27-12-6-4-10-25(27)30-29(31)23-19-28(33)32(20-23)26-11-5-3-9-22(26)2/h3-6,9-16,23H,7-8,17-20H2,1-2H3/t23-/m0/s1. The summed E-state index contributed by atoms with van der Waals surface area (Å²) in [6.07, 6.45) is 2.44. The topological polar surface area (TPSA) is 47.4 Å². The molecule has 34 heavy (non-hydrogen) atoms. The minimum absolute atomic E-state index is 0.0864. The van der Waals surface area contributed by atoms with Crippen LogP contribution in [0, 0.1) is 13.8 Å². The number of benzene rings is 3. The van der Waals surface area contributed by atoms with Crippen LogP contribution >= 0.6 is 0 Å². The number of aromatic nitrogens is 2. The molecule has 5 heteroatoms. The molecular formula is C29H31N3O2. The summed E-state index contributed by atoms with van der Waals surface area (Å²) in [5.41, 5.74) is 5.50. The molecule has 2 heterocycles. The number of fused-ring (bicyclic) bond motifs is 1. The van der Waals surface area contributed by atoms with Crippen molar-refractivity contribution in [1.82, 2.24) is 9.55 Å². The van der Waals surface area contributed by atoms with Crippen molar-refractivity contribution >= 4 is 22.6 Å². The minimum atomic E-state index is 0.0864. The van der Waals surface area contributed by atoms with Gasteiger partial charge in [0.05, 0.1) is 17.6 Å². The number of carbonyl (C=O) groups excluding carboxylic acids is 1. The molecule has 1 saturated heterocycles. The molecule has 3 aromatic carbocycles. The van der Waals surface area contributed by atoms with Gasteiger partial charge in [-0.15, -0.1) is 0 Å². The van der Waals surface area contributed by atoms with Crippen molar-refractivity contribution < 1.29 is 9.53 Å². The first-order valence-electron chi connectivity index (χ1n) is 12.1. The highest BCUT2D eigenvalue weighted by atomic mass is 16.5. The Morgan fingerprint density at radius 2 is 1.71 bits per heavy atom. The third-order valence-corrected chi connectivity index (χ3v) is 6.65. The third-order valence-electron chi connectivity index (χ3n) is 6.65. The second kappa shape index (κ2) is 9.72. The maximum absolute atomic E-state index is 13.0. The van der Waals surface area contributed by atoms with Crippen LogP contribution in [0.1, 0.15) is 42.1 Å². The number of rotatable bonds is 8. The molecule has 1 fully saturated rings. The lowest BCUT2D eigenvalue weighted by atomic mass is 10.1. The molecule has 1 aliphatic heterocycles. The zero-order chi connectivity index (χ0) is 23.5. The second-order valence-corrected chi connectivity index (χ2v) is 9.17. The first-order valence-corrected chi connectivity index (χ1v) is 12.1. The normalized spacial score (nSPS) is 15.9. The number of ether oxygens (including phenoxy) is 1. The van der Waals surface area contributed by atoms with E-state index in [0.29, 0.717) is 19.6 Å². The molecule has 5 rings (SSSR count). The fourth-order valence-corrected chi connectivity index (χ4v) is 4.82. The zero-order valence-electron chi connectivity index (χ0n) is 19.9. The van der Waals surface area contributed by atoms with E-state index in [2.05, 4.69) is 54.8 Å². The maximum atomic E-state index is 13.0. The molecule has 1 aromatic heterocycles. The largest absolute Gasteiger partial charge is 0.494 e. The zero-order valence-corrected chi connectivity index (χ0v) is 19.9. The van der Waals surface area contributed by atoms with Gasteiger partial charge >= 0.3 is 0 Å². The van der Waals surface area contributed by atoms with Gasteiger partial charge in [0.2, 0.25) is 5.91 Å². The maximum Gasteiger partial charge on any atom is 0.227 e. The van der Waals surface area contributed by atoms with Gasteiger partial charge in [-0.25, -0.2) is 4.98 Å². The van der Waals surface area contributed by atoms with Gasteiger partial charge in [0.1, 0.15) is 11.6 Å². The molecule has 0 unspecified atom stereocenters. The van der Waals surface area contributed by atoms with Gasteiger partial charge in [0, 0.05) is 31.1 Å². The summed E-state index contributed by atoms with van der Waals surface area (Å²) in [5.74, 6) is 2.19. The fraction of sp³-hybridized carbons (Fsp3) is 0.310. The quantitative estimate of drug-likeness (QED) is 0.306. The van der Waals surface area contributed by atoms with Gasteiger partial charge in [-0.3, -0.25) is 4.79 Å². The number of unbranched alkanes of at least 4 members (excludes halogenated alkanes) is 1. The second-order valence-electron chi connectivity index (χ2n) is 9.17. The van der Waals surface area contributed by atoms with Crippen LogP contribution in [-0.2, 0) is 11.3 Å². The minimum Gasteiger partial charge on any atom is -0.494 e. The average Bonchev–Trinajstić information content (AvgIpc) is 3.41. The van der Waals surface area contributed by atoms with E-state index < -0.39 is 0 Å². The number of para-hydroxylation sites is 3. The van der Waals surface area contributed by atoms with Crippen LogP contribution in [0.25, 0.3) is 11.0 Å². The fourth-order valence-electron chi connectivity index (χ4n) is 4.82. The Labute approximate surface area is 201 Å². The number of carbonyl (C=O) groups is 1. The Morgan fingerprint density at radius 1 is 0.941 bits per heavy atom. The van der Waals surface area contributed by atoms with E-state index in [1.807, 2.05) is 41.3 Å². The van der Waals surface area contributed by atoms with E-state index in [1.165, 1.54) is 5.56 Å². The first kappa shape index (κ1) is 22.2. The van der Waals surface area contributed by atoms with Crippen molar-refractivity contribution in [3.8, 4) is 5.75 Å². The van der Waals surface area contributed by atoms with Gasteiger partial charge < -0.3 is 14.2 Å². The molecule has 0 saturated carbocycles. The average molecular weight is 454 g/mol. The number of aryl methyl sites for hydroxylation is 3. The number of anilines is 1. The monoisotopic (exact) mass is 453 g/mol. The molecule has 0 bridgehead atoms. The van der Waals surface area contributed by atoms with Crippen molar-refractivity contribution in [3.63, 3.8) is 0 Å². The number of imidazole rings is 1. The van der Waals surface area contributed by atoms with Crippen molar-refractivity contribution in [2.75, 3.05) is 18.1 Å². The van der Waals surface area contributed by atoms with Crippen molar-refractivity contribution in [2.45, 2.75) is 45.6 Å². The van der Waals surface area contributed by atoms with E-state index in [1.54, 1.807) is 0 Å². The molecule has 1 atom stereocenters. The van der Waals surface area contributed by atoms with E-state index in [9.17, 15) is 4.79 Å². The van der Waals surface area contributed by atoms with Gasteiger partial charge in [0.15, 0.2) is 0 Å². The molecule has 1 aliphatic rings. The van der Waals surface area contributed by atoms with E-state index >= 15 is 0 Å². The highest BCUT2D eigenvalue weighted by Gasteiger charge is 2.35. The Kier molecular flexibility index (Phi) is 6.35. The predicted octanol–water partition coefficient (Wildman–Crippen LogP) is 6.03. The van der Waals surface area contributed by atoms with Gasteiger partial charge in [0.25, 0.3) is 0 Å². The van der Waals surface area contributed by atoms with Crippen LogP contribution in [-0.4, -0.2) is 28.6 Å². The van der Waals surface area contributed by atoms with E-state index in [4.69, 9.17) is 9.72 Å². The van der Waals surface area contributed by atoms with Crippen LogP contribution in [0.5, 0.6) is 5.75 Å². The molecule has 0 spiro atoms. The smallest absolute Gasteiger partial charge is 0.227 e. The Bertz CT molecular complexity index is 1290. The lowest BCUT2D eigenvalue weighted by Gasteiger charge is -2.19. The summed E-state index contributed by atoms with van der Waals surface area (Å²) >= 11 is 0. The van der Waals surface area contributed by atoms with E-state index in [-0.39, 0.29) is 11.8 Å². The van der Waals surface area contributed by atoms with Crippen LogP contribution in [0.4, 0.5) is 5.69 Å². The van der Waals surface area contributed by atoms with Gasteiger partial charge in [-0.2, -0.15) is 0 Å². The summed E-state index contributed by atoms with van der Waals surface area (Å²) in [7, 11) is 0. The van der Waals surface area contributed by atoms with Gasteiger partial charge in [-0.05, 0) is 62.6 Å². The summed E-state index contributed by atoms with van der Waals surface area (Å²) in [6.45, 7) is 6.36. The van der Waals surface area contributed by atoms with Crippen molar-refractivity contribution in [3.05, 3.63) is 89.7 Å². The summed E-state index contributed by atoms with van der Waals surface area (Å²) in [6, 6.07) is 24.6. The third kappa shape index (κ3) is 4.56. The van der Waals surface area contributed by atoms with Crippen LogP contribution in [0.15, 0.2) is 72.8 Å². The summed E-state index contributed by atoms with van der Waals surface area (Å²) < 4.78 is 8.23. The molecular weight excluding hydrogens is 422 g/mol. The number of nitrogens with zero attached hydrogens (tertiary/aromatic N) is 3. The van der Waals surface area contributed by atoms with Crippen molar-refractivity contribution in [2.24, 2.45) is 0 Å². The molecule has 0 N–H and O–H groups in total. The Balaban J connectivity index is 1.30. The molecule has 0 radical (unpaired) electrons. The molecule has 5 nitrogen and oxygen atoms in total. The first-order chi connectivity index (χ1) is 16.6. The van der Waals surface area contributed by atoms with Gasteiger partial charge in [-0.1, -0.05) is 48.0 Å². The van der Waals surface area contributed by atoms with Crippen molar-refractivity contribution in [1.29, 1.82) is 0 Å². The summed E-state index contributed by atoms with van der Waals surface area (Å²) in [5, 5.41) is 0. The Hall–Kier alpha value is -3.60. The van der Waals surface area contributed by atoms with Crippen LogP contribution < -0.4 is 9.64 Å². The SMILES string of the molecule is Cc1ccc(OCCCCn2c([C@H]3CC(=O)N(c4ccccc4C)C3)nc3ccccc32)cc1. The van der Waals surface area contributed by atoms with Crippen LogP contribution in [0.2, 0.25) is 0 Å². The lowest BCUT2D eigenvalue weighted by Crippen LogP contribution is -2.25. The molecule has 4 aromatic rings. The molecule has 0 aliphatic carbocycles. The predicted molar refractivity (Wildman–Crippen MR) is 137 cm³/mol. The summed E-state index contributed by atoms with van der Waals surface area (Å²) in [4.78, 5) is 19.9. The molecule has 1 amide bonds. The lowest BCUT2D eigenvalue weighted by molar-refractivity contribution is -0.117. The number of amides is 1. The number of hydrogen-bond acceptors (Lipinski definition) is 3. The van der Waals surface area contributed by atoms with Crippen LogP contribution in [0.3, 0.4) is 0 Å². The van der Waals surface area contributed by atoms with E-state index in [0.717, 1.165) is 53.2 Å². The molecule has 174 valence electrons.